The van der Waals surface area contributed by atoms with Crippen molar-refractivity contribution in [3.8, 4) is 28.7 Å². The van der Waals surface area contributed by atoms with Crippen LogP contribution < -0.4 is 24.3 Å². The minimum atomic E-state index is -2.37. The van der Waals surface area contributed by atoms with E-state index >= 15 is 0 Å². The number of rotatable bonds is 4. The normalized spacial score (nSPS) is 35.3. The average molecular weight is 1500 g/mol. The maximum atomic E-state index is 9.91. The van der Waals surface area contributed by atoms with Gasteiger partial charge in [0.2, 0.25) is 0 Å². The number of ether oxygens (including phenoxy) is 4. The fourth-order valence-corrected chi connectivity index (χ4v) is 26.1. The third kappa shape index (κ3) is 13.7. The number of nitrogens with one attached hydrogen (secondary N) is 1. The second-order valence-electron chi connectivity index (χ2n) is 34.4. The number of phenolic OH excluding ortho intramolecular Hbond substituents is 1. The molecule has 566 valence electrons. The number of nitrogens with zero attached hydrogens (tertiary/aromatic N) is 4. The Morgan fingerprint density at radius 3 is 0.981 bits per heavy atom. The summed E-state index contributed by atoms with van der Waals surface area (Å²) in [4.78, 5) is 10.4. The van der Waals surface area contributed by atoms with E-state index in [1.807, 2.05) is 32.0 Å². The summed E-state index contributed by atoms with van der Waals surface area (Å²) in [5, 5.41) is 13.7. The smallest absolute Gasteiger partial charge is 0.119 e. The van der Waals surface area contributed by atoms with Gasteiger partial charge in [0.05, 0.1) is 32.5 Å². The molecule has 103 heavy (non-hydrogen) atoms. The van der Waals surface area contributed by atoms with Crippen molar-refractivity contribution in [3.63, 3.8) is 0 Å². The van der Waals surface area contributed by atoms with E-state index < -0.39 is 7.04 Å². The van der Waals surface area contributed by atoms with Gasteiger partial charge in [-0.05, 0) is 335 Å². The van der Waals surface area contributed by atoms with E-state index in [-0.39, 0.29) is 40.3 Å². The van der Waals surface area contributed by atoms with E-state index in [0.717, 1.165) is 78.1 Å². The molecule has 0 aromatic heterocycles. The van der Waals surface area contributed by atoms with Crippen LogP contribution in [-0.4, -0.2) is 150 Å². The molecular weight excluding hydrogens is 1360 g/mol. The second kappa shape index (κ2) is 32.4. The van der Waals surface area contributed by atoms with Crippen LogP contribution in [0, 0.1) is 29.6 Å². The molecule has 11 nitrogen and oxygen atoms in total. The van der Waals surface area contributed by atoms with Gasteiger partial charge in [0.25, 0.3) is 0 Å². The van der Waals surface area contributed by atoms with Gasteiger partial charge < -0.3 is 54.4 Å². The number of aromatic hydroxyl groups is 1. The quantitative estimate of drug-likeness (QED) is 0.180. The molecule has 5 aliphatic heterocycles. The molecule has 5 aromatic rings. The Bertz CT molecular complexity index is 3730. The van der Waals surface area contributed by atoms with E-state index in [2.05, 4.69) is 126 Å². The zero-order valence-electron chi connectivity index (χ0n) is 67.4. The SMILES string of the molecule is Br.CC.CN1CC[C@@]23CCCC[C@@H]2[C@@H]1Cc1ccc(O)cc13.COc1ccc2c(c1)[C@]13CCCC[C@@H]1[C@H](C2)N(C)CC3.COc1ccc2c(c1)[C@]13CCCC[C@@H]1[C@H](C2)N(C)CC3.COc1ccc2c(c1)[C@]13CCCC[C@@H]1[C@H](C2)NCC3.Cl.O.[2H]C([2H])([2H])Oc1ccc2c(c1)[C@]13CCCC[C@@H]1[C@H](C2)N(C)CC3. The number of phenols is 1. The molecule has 0 unspecified atom stereocenters. The summed E-state index contributed by atoms with van der Waals surface area (Å²) < 4.78 is 43.8. The van der Waals surface area contributed by atoms with Crippen LogP contribution in [-0.2, 0) is 59.2 Å². The van der Waals surface area contributed by atoms with Crippen molar-refractivity contribution in [3.05, 3.63) is 147 Å². The van der Waals surface area contributed by atoms with Crippen molar-refractivity contribution in [2.24, 2.45) is 29.6 Å². The zero-order chi connectivity index (χ0) is 71.6. The lowest BCUT2D eigenvalue weighted by Gasteiger charge is -2.58. The third-order valence-electron chi connectivity index (χ3n) is 30.8. The molecule has 15 aliphatic rings. The average Bonchev–Trinajstić information content (AvgIpc) is 0.755. The van der Waals surface area contributed by atoms with Crippen LogP contribution in [0.3, 0.4) is 0 Å². The Morgan fingerprint density at radius 2 is 0.660 bits per heavy atom. The highest BCUT2D eigenvalue weighted by molar-refractivity contribution is 8.93. The Labute approximate surface area is 642 Å². The van der Waals surface area contributed by atoms with E-state index in [1.165, 1.54) is 235 Å². The number of hydrogen-bond donors (Lipinski definition) is 2. The molecule has 0 amide bonds. The highest BCUT2D eigenvalue weighted by atomic mass is 79.9. The molecule has 4 N–H and O–H groups in total. The van der Waals surface area contributed by atoms with Crippen LogP contribution in [0.5, 0.6) is 28.7 Å². The van der Waals surface area contributed by atoms with Gasteiger partial charge in [-0.1, -0.05) is 108 Å². The fourth-order valence-electron chi connectivity index (χ4n) is 26.1. The Balaban J connectivity index is 0.000000123. The first-order chi connectivity index (χ1) is 49.9. The molecule has 0 spiro atoms. The van der Waals surface area contributed by atoms with Gasteiger partial charge >= 0.3 is 0 Å². The molecule has 10 bridgehead atoms. The topological polar surface area (TPSA) is 114 Å². The van der Waals surface area contributed by atoms with E-state index in [4.69, 9.17) is 23.1 Å². The minimum Gasteiger partial charge on any atom is -0.508 e. The second-order valence-corrected chi connectivity index (χ2v) is 34.4. The molecule has 13 heteroatoms. The molecule has 15 atom stereocenters. The Morgan fingerprint density at radius 1 is 0.379 bits per heavy atom. The Kier molecular flexibility index (Phi) is 23.3. The molecule has 10 fully saturated rings. The summed E-state index contributed by atoms with van der Waals surface area (Å²) >= 11 is 0. The molecule has 10 aliphatic carbocycles. The highest BCUT2D eigenvalue weighted by Gasteiger charge is 2.58. The fraction of sp³-hybridized carbons (Fsp3) is 0.667. The monoisotopic (exact) mass is 1490 g/mol. The summed E-state index contributed by atoms with van der Waals surface area (Å²) in [5.74, 6) is 8.20. The van der Waals surface area contributed by atoms with Gasteiger partial charge in [0.15, 0.2) is 0 Å². The van der Waals surface area contributed by atoms with Crippen molar-refractivity contribution < 1.29 is 33.6 Å². The van der Waals surface area contributed by atoms with Crippen molar-refractivity contribution in [1.29, 1.82) is 0 Å². The van der Waals surface area contributed by atoms with Crippen molar-refractivity contribution in [2.45, 2.75) is 264 Å². The summed E-state index contributed by atoms with van der Waals surface area (Å²) in [6, 6.07) is 36.2. The summed E-state index contributed by atoms with van der Waals surface area (Å²) in [6.45, 7) is 10.1. The molecule has 5 heterocycles. The molecule has 0 radical (unpaired) electrons. The number of likely N-dealkylation sites (tertiary alicyclic amines) is 4. The van der Waals surface area contributed by atoms with E-state index in [9.17, 15) is 5.11 Å². The maximum Gasteiger partial charge on any atom is 0.119 e. The van der Waals surface area contributed by atoms with Gasteiger partial charge in [-0.3, -0.25) is 0 Å². The minimum absolute atomic E-state index is 0. The predicted octanol–water partition coefficient (Wildman–Crippen LogP) is 17.5. The summed E-state index contributed by atoms with van der Waals surface area (Å²) in [7, 11) is 12.2. The molecular formula is C90H131BrClN5O6. The Hall–Kier alpha value is -4.37. The van der Waals surface area contributed by atoms with Crippen LogP contribution in [0.25, 0.3) is 0 Å². The first kappa shape index (κ1) is 74.1. The molecule has 5 aromatic carbocycles. The lowest BCUT2D eigenvalue weighted by Crippen LogP contribution is -2.59. The van der Waals surface area contributed by atoms with Crippen LogP contribution in [0.2, 0.25) is 0 Å². The molecule has 5 saturated heterocycles. The van der Waals surface area contributed by atoms with Crippen LogP contribution in [0.4, 0.5) is 0 Å². The number of benzene rings is 5. The van der Waals surface area contributed by atoms with Crippen LogP contribution in [0.1, 0.15) is 234 Å². The van der Waals surface area contributed by atoms with Gasteiger partial charge in [-0.15, -0.1) is 29.4 Å². The van der Waals surface area contributed by atoms with Gasteiger partial charge in [-0.2, -0.15) is 0 Å². The van der Waals surface area contributed by atoms with Gasteiger partial charge in [-0.25, -0.2) is 0 Å². The zero-order valence-corrected chi connectivity index (χ0v) is 66.9. The third-order valence-corrected chi connectivity index (χ3v) is 30.8. The lowest BCUT2D eigenvalue weighted by molar-refractivity contribution is 0.00272. The van der Waals surface area contributed by atoms with Crippen LogP contribution >= 0.6 is 29.4 Å². The van der Waals surface area contributed by atoms with Crippen LogP contribution in [0.15, 0.2) is 91.0 Å². The number of halogens is 2. The van der Waals surface area contributed by atoms with E-state index in [0.29, 0.717) is 45.1 Å². The molecule has 5 saturated carbocycles. The number of hydrogen-bond acceptors (Lipinski definition) is 10. The number of likely N-dealkylation sites (N-methyl/N-ethyl adjacent to an activating group) is 4. The first-order valence-corrected chi connectivity index (χ1v) is 40.6. The first-order valence-electron chi connectivity index (χ1n) is 42.1. The summed E-state index contributed by atoms with van der Waals surface area (Å²) in [6.07, 6.45) is 40.0. The number of fused-ring (bicyclic) bond motifs is 5. The lowest BCUT2D eigenvalue weighted by atomic mass is 9.52. The standard InChI is InChI=1S/3C18H25NO.2C17H23NO.C2H6.BrH.ClH.H2O/c3*1-19-10-9-18-8-4-3-5-15(18)17(19)11-13-6-7-14(20-2)12-16(13)18;1-19-13-6-5-12-10-16-14-4-2-3-7-17(14,8-9-18-16)15(12)11-13;1-18-9-8-17-7-3-2-4-14(17)16(18)10-12-5-6-13(19)11-15(12)17;1-2;;;/h3*6-7,12,15,17H,3-5,8-11H2,1-2H3;5-6,11,14,16,18H,2-4,7-10H2,1H3;5-6,11,14,16,19H,2-4,7-10H2,1H3;1-2H3;2*1H;1H2/t3*15-,17+,18+;2*14-,16+,17+;;;;/m11111..../s1/i2D3;;;;;;;;. The van der Waals surface area contributed by atoms with Crippen molar-refractivity contribution in [1.82, 2.24) is 24.9 Å². The van der Waals surface area contributed by atoms with Gasteiger partial charge in [0.1, 0.15) is 28.7 Å². The van der Waals surface area contributed by atoms with Crippen molar-refractivity contribution in [2.75, 3.05) is 89.3 Å². The predicted molar refractivity (Wildman–Crippen MR) is 430 cm³/mol. The van der Waals surface area contributed by atoms with E-state index in [1.54, 1.807) is 54.7 Å². The number of piperidine rings is 5. The maximum absolute atomic E-state index is 9.91. The number of methoxy groups -OCH3 is 4. The largest absolute Gasteiger partial charge is 0.508 e. The molecule has 20 rings (SSSR count). The van der Waals surface area contributed by atoms with Crippen molar-refractivity contribution >= 4 is 29.4 Å². The highest BCUT2D eigenvalue weighted by Crippen LogP contribution is 2.61. The van der Waals surface area contributed by atoms with Gasteiger partial charge in [0, 0.05) is 57.3 Å². The summed E-state index contributed by atoms with van der Waals surface area (Å²) in [5.41, 5.74) is 17.4.